The summed E-state index contributed by atoms with van der Waals surface area (Å²) in [4.78, 5) is 20.9. The highest BCUT2D eigenvalue weighted by Gasteiger charge is 2.10. The summed E-state index contributed by atoms with van der Waals surface area (Å²) in [7, 11) is 0. The molecular weight excluding hydrogens is 160 g/mol. The molecule has 0 heterocycles. The fourth-order valence-corrected chi connectivity index (χ4v) is 0.453. The first kappa shape index (κ1) is 10.4. The quantitative estimate of drug-likeness (QED) is 0.375. The average Bonchev–Trinajstić information content (AvgIpc) is 2.00. The van der Waals surface area contributed by atoms with Crippen LogP contribution in [0.5, 0.6) is 0 Å². The van der Waals surface area contributed by atoms with Crippen LogP contribution >= 0.6 is 0 Å². The van der Waals surface area contributed by atoms with E-state index < -0.39 is 11.9 Å². The van der Waals surface area contributed by atoms with Gasteiger partial charge in [-0.25, -0.2) is 4.79 Å². The molecule has 0 atom stereocenters. The van der Waals surface area contributed by atoms with Crippen molar-refractivity contribution in [2.75, 3.05) is 6.61 Å². The molecule has 66 valence electrons. The van der Waals surface area contributed by atoms with E-state index >= 15 is 0 Å². The number of carboxylic acids is 1. The minimum Gasteiger partial charge on any atom is -0.478 e. The van der Waals surface area contributed by atoms with Crippen molar-refractivity contribution < 1.29 is 19.4 Å². The molecule has 1 N–H and O–H groups in total. The third-order valence-corrected chi connectivity index (χ3v) is 1.02. The van der Waals surface area contributed by atoms with E-state index in [-0.39, 0.29) is 18.6 Å². The van der Waals surface area contributed by atoms with Crippen LogP contribution < -0.4 is 0 Å². The van der Waals surface area contributed by atoms with Crippen LogP contribution in [-0.4, -0.2) is 23.7 Å². The molecule has 0 aromatic heterocycles. The lowest BCUT2D eigenvalue weighted by atomic mass is 10.2. The Morgan fingerprint density at radius 3 is 2.50 bits per heavy atom. The Hall–Kier alpha value is -1.58. The van der Waals surface area contributed by atoms with E-state index in [0.29, 0.717) is 0 Å². The van der Waals surface area contributed by atoms with Crippen LogP contribution in [0.3, 0.4) is 0 Å². The normalized spacial score (nSPS) is 8.67. The number of carbonyl (C=O) groups is 2. The predicted molar refractivity (Wildman–Crippen MR) is 42.5 cm³/mol. The first-order valence-electron chi connectivity index (χ1n) is 3.25. The predicted octanol–water partition coefficient (Wildman–Crippen LogP) is 0.746. The number of esters is 1. The molecule has 0 aromatic carbocycles. The molecule has 0 radical (unpaired) electrons. The standard InChI is InChI=1S/C8H10O4/c1-3-4-12-7(9)5-6(2)8(10)11/h3H,1-2,4-5H2,(H,10,11). The molecule has 0 unspecified atom stereocenters. The van der Waals surface area contributed by atoms with Gasteiger partial charge in [0.05, 0.1) is 6.42 Å². The van der Waals surface area contributed by atoms with Gasteiger partial charge in [0.1, 0.15) is 6.61 Å². The second kappa shape index (κ2) is 5.12. The molecule has 0 rings (SSSR count). The number of rotatable bonds is 5. The molecule has 0 aliphatic carbocycles. The lowest BCUT2D eigenvalue weighted by molar-refractivity contribution is -0.143. The third-order valence-electron chi connectivity index (χ3n) is 1.02. The topological polar surface area (TPSA) is 63.6 Å². The zero-order valence-electron chi connectivity index (χ0n) is 6.58. The van der Waals surface area contributed by atoms with Crippen molar-refractivity contribution in [2.45, 2.75) is 6.42 Å². The van der Waals surface area contributed by atoms with Crippen LogP contribution in [0.2, 0.25) is 0 Å². The van der Waals surface area contributed by atoms with Gasteiger partial charge in [-0.2, -0.15) is 0 Å². The van der Waals surface area contributed by atoms with Gasteiger partial charge >= 0.3 is 11.9 Å². The Bertz CT molecular complexity index is 217. The van der Waals surface area contributed by atoms with Crippen molar-refractivity contribution in [1.82, 2.24) is 0 Å². The Balaban J connectivity index is 3.76. The van der Waals surface area contributed by atoms with E-state index in [4.69, 9.17) is 5.11 Å². The summed E-state index contributed by atoms with van der Waals surface area (Å²) in [6.07, 6.45) is 1.12. The number of hydrogen-bond acceptors (Lipinski definition) is 3. The van der Waals surface area contributed by atoms with Gasteiger partial charge < -0.3 is 9.84 Å². The van der Waals surface area contributed by atoms with Gasteiger partial charge in [0, 0.05) is 5.57 Å². The lowest BCUT2D eigenvalue weighted by Crippen LogP contribution is -2.09. The number of aliphatic carboxylic acids is 1. The minimum atomic E-state index is -1.19. The molecular formula is C8H10O4. The van der Waals surface area contributed by atoms with Crippen molar-refractivity contribution in [3.05, 3.63) is 24.8 Å². The fourth-order valence-electron chi connectivity index (χ4n) is 0.453. The smallest absolute Gasteiger partial charge is 0.331 e. The molecule has 0 saturated heterocycles. The van der Waals surface area contributed by atoms with Gasteiger partial charge in [-0.1, -0.05) is 19.2 Å². The minimum absolute atomic E-state index is 0.0890. The van der Waals surface area contributed by atoms with Gasteiger partial charge in [0.25, 0.3) is 0 Å². The first-order chi connectivity index (χ1) is 5.57. The SMILES string of the molecule is C=CCOC(=O)CC(=C)C(=O)O. The largest absolute Gasteiger partial charge is 0.478 e. The molecule has 12 heavy (non-hydrogen) atoms. The molecule has 0 aliphatic heterocycles. The molecule has 0 bridgehead atoms. The van der Waals surface area contributed by atoms with Gasteiger partial charge in [-0.05, 0) is 0 Å². The van der Waals surface area contributed by atoms with Crippen LogP contribution in [0.25, 0.3) is 0 Å². The second-order valence-corrected chi connectivity index (χ2v) is 2.06. The van der Waals surface area contributed by atoms with Crippen LogP contribution in [0.4, 0.5) is 0 Å². The summed E-state index contributed by atoms with van der Waals surface area (Å²) in [5.41, 5.74) is -0.177. The maximum atomic E-state index is 10.7. The highest BCUT2D eigenvalue weighted by atomic mass is 16.5. The van der Waals surface area contributed by atoms with Crippen molar-refractivity contribution >= 4 is 11.9 Å². The number of hydrogen-bond donors (Lipinski definition) is 1. The maximum Gasteiger partial charge on any atom is 0.331 e. The number of ether oxygens (including phenoxy) is 1. The van der Waals surface area contributed by atoms with E-state index in [0.717, 1.165) is 0 Å². The summed E-state index contributed by atoms with van der Waals surface area (Å²) in [5.74, 6) is -1.80. The van der Waals surface area contributed by atoms with E-state index in [9.17, 15) is 9.59 Å². The third kappa shape index (κ3) is 4.27. The highest BCUT2D eigenvalue weighted by molar-refractivity contribution is 5.91. The van der Waals surface area contributed by atoms with Crippen molar-refractivity contribution in [3.63, 3.8) is 0 Å². The monoisotopic (exact) mass is 170 g/mol. The van der Waals surface area contributed by atoms with Crippen LogP contribution in [0, 0.1) is 0 Å². The van der Waals surface area contributed by atoms with Gasteiger partial charge in [0.2, 0.25) is 0 Å². The summed E-state index contributed by atoms with van der Waals surface area (Å²) in [6.45, 7) is 6.60. The number of carboxylic acid groups (broad SMARTS) is 1. The maximum absolute atomic E-state index is 10.7. The second-order valence-electron chi connectivity index (χ2n) is 2.06. The van der Waals surface area contributed by atoms with Crippen LogP contribution in [0.15, 0.2) is 24.8 Å². The summed E-state index contributed by atoms with van der Waals surface area (Å²) >= 11 is 0. The molecule has 4 nitrogen and oxygen atoms in total. The van der Waals surface area contributed by atoms with Crippen molar-refractivity contribution in [3.8, 4) is 0 Å². The average molecular weight is 170 g/mol. The molecule has 0 spiro atoms. The summed E-state index contributed by atoms with van der Waals surface area (Å²) < 4.78 is 4.53. The molecule has 0 aliphatic rings. The first-order valence-corrected chi connectivity index (χ1v) is 3.25. The molecule has 0 saturated carbocycles. The van der Waals surface area contributed by atoms with Gasteiger partial charge in [-0.15, -0.1) is 0 Å². The Labute approximate surface area is 70.1 Å². The van der Waals surface area contributed by atoms with Crippen LogP contribution in [0.1, 0.15) is 6.42 Å². The van der Waals surface area contributed by atoms with E-state index in [1.165, 1.54) is 6.08 Å². The summed E-state index contributed by atoms with van der Waals surface area (Å²) in [6, 6.07) is 0. The van der Waals surface area contributed by atoms with Gasteiger partial charge in [0.15, 0.2) is 0 Å². The molecule has 0 fully saturated rings. The van der Waals surface area contributed by atoms with E-state index in [1.807, 2.05) is 0 Å². The van der Waals surface area contributed by atoms with Crippen LogP contribution in [-0.2, 0) is 14.3 Å². The Kier molecular flexibility index (Phi) is 4.45. The van der Waals surface area contributed by atoms with Gasteiger partial charge in [-0.3, -0.25) is 4.79 Å². The van der Waals surface area contributed by atoms with E-state index in [2.05, 4.69) is 17.9 Å². The fraction of sp³-hybridized carbons (Fsp3) is 0.250. The Morgan fingerprint density at radius 2 is 2.08 bits per heavy atom. The van der Waals surface area contributed by atoms with E-state index in [1.54, 1.807) is 0 Å². The number of carbonyl (C=O) groups excluding carboxylic acids is 1. The van der Waals surface area contributed by atoms with Crippen molar-refractivity contribution in [1.29, 1.82) is 0 Å². The Morgan fingerprint density at radius 1 is 1.50 bits per heavy atom. The zero-order chi connectivity index (χ0) is 9.56. The zero-order valence-corrected chi connectivity index (χ0v) is 6.58. The molecule has 0 aromatic rings. The summed E-state index contributed by atoms with van der Waals surface area (Å²) in [5, 5.41) is 8.33. The lowest BCUT2D eigenvalue weighted by Gasteiger charge is -2.00. The molecule has 0 amide bonds. The highest BCUT2D eigenvalue weighted by Crippen LogP contribution is 1.99. The van der Waals surface area contributed by atoms with Crippen molar-refractivity contribution in [2.24, 2.45) is 0 Å². The molecule has 4 heteroatoms.